The smallest absolute Gasteiger partial charge is 0.271 e. The molecule has 4 rings (SSSR count). The average molecular weight is 706 g/mol. The van der Waals surface area contributed by atoms with E-state index in [-0.39, 0.29) is 37.0 Å². The fraction of sp³-hybridized carbons (Fsp3) is 0.405. The number of hydrogen-bond acceptors (Lipinski definition) is 10. The maximum atomic E-state index is 12.0. The van der Waals surface area contributed by atoms with E-state index in [1.165, 1.54) is 0 Å². The van der Waals surface area contributed by atoms with Gasteiger partial charge in [-0.05, 0) is 57.2 Å². The van der Waals surface area contributed by atoms with Gasteiger partial charge in [0.15, 0.2) is 0 Å². The third kappa shape index (κ3) is 12.9. The van der Waals surface area contributed by atoms with Crippen LogP contribution in [-0.4, -0.2) is 37.7 Å². The van der Waals surface area contributed by atoms with E-state index >= 15 is 0 Å². The number of aromatic nitrogens is 2. The molecule has 2 unspecified atom stereocenters. The van der Waals surface area contributed by atoms with Gasteiger partial charge in [-0.15, -0.1) is 0 Å². The van der Waals surface area contributed by atoms with Crippen LogP contribution in [0.1, 0.15) is 74.2 Å². The Kier molecular flexibility index (Phi) is 15.8. The molecule has 0 fully saturated rings. The van der Waals surface area contributed by atoms with Crippen molar-refractivity contribution in [1.29, 1.82) is 0 Å². The van der Waals surface area contributed by atoms with Crippen molar-refractivity contribution in [2.75, 3.05) is 7.11 Å². The average Bonchev–Trinajstić information content (AvgIpc) is 3.11. The first-order valence-corrected chi connectivity index (χ1v) is 18.0. The molecule has 0 spiro atoms. The fourth-order valence-corrected chi connectivity index (χ4v) is 5.14. The summed E-state index contributed by atoms with van der Waals surface area (Å²) >= 11 is 0. The van der Waals surface area contributed by atoms with Gasteiger partial charge in [0.1, 0.15) is 30.5 Å². The number of aryl methyl sites for hydroxylation is 2. The minimum atomic E-state index is -3.76. The summed E-state index contributed by atoms with van der Waals surface area (Å²) in [4.78, 5) is 11.7. The molecule has 0 amide bonds. The van der Waals surface area contributed by atoms with Crippen molar-refractivity contribution in [2.45, 2.75) is 92.1 Å². The Balaban J connectivity index is 0.000000271. The molecular formula is C37H47N5O7S. The molecule has 2 atom stereocenters. The quantitative estimate of drug-likeness (QED) is 0.0454. The lowest BCUT2D eigenvalue weighted by Gasteiger charge is -2.19. The number of ether oxygens (including phenoxy) is 4. The van der Waals surface area contributed by atoms with E-state index in [1.54, 1.807) is 6.07 Å². The van der Waals surface area contributed by atoms with E-state index in [0.717, 1.165) is 36.8 Å². The summed E-state index contributed by atoms with van der Waals surface area (Å²) in [5.74, 6) is 1.44. The Morgan fingerprint density at radius 3 is 1.62 bits per heavy atom. The van der Waals surface area contributed by atoms with Crippen LogP contribution >= 0.6 is 0 Å². The summed E-state index contributed by atoms with van der Waals surface area (Å²) in [6.45, 7) is 12.5. The summed E-state index contributed by atoms with van der Waals surface area (Å²) < 4.78 is 52.3. The molecule has 50 heavy (non-hydrogen) atoms. The molecule has 0 radical (unpaired) electrons. The molecule has 268 valence electrons. The van der Waals surface area contributed by atoms with Gasteiger partial charge in [-0.25, -0.2) is 9.97 Å². The largest absolute Gasteiger partial charge is 0.490 e. The van der Waals surface area contributed by atoms with Crippen molar-refractivity contribution >= 4 is 10.1 Å². The molecule has 0 saturated heterocycles. The van der Waals surface area contributed by atoms with Gasteiger partial charge in [0.05, 0.1) is 37.0 Å². The third-order valence-electron chi connectivity index (χ3n) is 7.46. The molecule has 13 heteroatoms. The number of azide groups is 1. The van der Waals surface area contributed by atoms with E-state index in [9.17, 15) is 8.42 Å². The summed E-state index contributed by atoms with van der Waals surface area (Å²) in [7, 11) is -2.62. The highest BCUT2D eigenvalue weighted by molar-refractivity contribution is 7.85. The normalized spacial score (nSPS) is 12.1. The van der Waals surface area contributed by atoms with Crippen molar-refractivity contribution in [3.63, 3.8) is 0 Å². The highest BCUT2D eigenvalue weighted by atomic mass is 32.2. The lowest BCUT2D eigenvalue weighted by Crippen LogP contribution is -2.15. The van der Waals surface area contributed by atoms with Crippen LogP contribution in [-0.2, 0) is 39.8 Å². The van der Waals surface area contributed by atoms with E-state index in [0.29, 0.717) is 40.8 Å². The van der Waals surface area contributed by atoms with Gasteiger partial charge in [-0.3, -0.25) is 4.18 Å². The first kappa shape index (κ1) is 39.6. The highest BCUT2D eigenvalue weighted by Gasteiger charge is 2.23. The number of nitrogens with zero attached hydrogens (tertiary/aromatic N) is 5. The minimum absolute atomic E-state index is 0.0542. The standard InChI is InChI=1S/C19H25NO5S.C18H22N4O2/c1-5-15(3)25-18-11-14(2)20-19(17(18)13-26(21,22)23-4)24-12-16-9-7-6-8-10-16;1-4-14(3)24-17-10-13(2)21-18(16(17)11-20-22-19)23-12-15-8-6-5-7-9-15/h6-11,15H,5,12-13H2,1-4H3;5-10,14H,4,11-12H2,1-3H3. The highest BCUT2D eigenvalue weighted by Crippen LogP contribution is 2.33. The summed E-state index contributed by atoms with van der Waals surface area (Å²) in [6, 6.07) is 23.0. The molecule has 0 N–H and O–H groups in total. The van der Waals surface area contributed by atoms with Crippen LogP contribution in [0, 0.1) is 13.8 Å². The molecule has 0 aliphatic carbocycles. The van der Waals surface area contributed by atoms with E-state index < -0.39 is 10.1 Å². The molecule has 2 aromatic carbocycles. The number of benzene rings is 2. The topological polar surface area (TPSA) is 155 Å². The van der Waals surface area contributed by atoms with E-state index in [2.05, 4.69) is 31.1 Å². The van der Waals surface area contributed by atoms with Crippen LogP contribution in [0.4, 0.5) is 0 Å². The minimum Gasteiger partial charge on any atom is -0.490 e. The second kappa shape index (κ2) is 20.0. The molecule has 0 saturated carbocycles. The van der Waals surface area contributed by atoms with Crippen LogP contribution in [0.3, 0.4) is 0 Å². The molecular weight excluding hydrogens is 659 g/mol. The van der Waals surface area contributed by atoms with Crippen LogP contribution in [0.25, 0.3) is 10.4 Å². The third-order valence-corrected chi connectivity index (χ3v) is 8.61. The van der Waals surface area contributed by atoms with Crippen molar-refractivity contribution in [3.8, 4) is 23.3 Å². The SMILES string of the molecule is CCC(C)Oc1cc(C)nc(OCc2ccccc2)c1CN=[N+]=[N-].CCC(C)Oc1cc(C)nc(OCc2ccccc2)c1CS(=O)(=O)OC. The second-order valence-electron chi connectivity index (χ2n) is 11.6. The lowest BCUT2D eigenvalue weighted by molar-refractivity contribution is 0.211. The summed E-state index contributed by atoms with van der Waals surface area (Å²) in [6.07, 6.45) is 1.65. The molecule has 2 heterocycles. The zero-order valence-corrected chi connectivity index (χ0v) is 30.6. The van der Waals surface area contributed by atoms with Gasteiger partial charge in [0.25, 0.3) is 10.1 Å². The van der Waals surface area contributed by atoms with Crippen LogP contribution in [0.15, 0.2) is 77.9 Å². The van der Waals surface area contributed by atoms with Gasteiger partial charge >= 0.3 is 0 Å². The zero-order valence-electron chi connectivity index (χ0n) is 29.8. The maximum Gasteiger partial charge on any atom is 0.271 e. The molecule has 0 aliphatic rings. The predicted molar refractivity (Wildman–Crippen MR) is 193 cm³/mol. The van der Waals surface area contributed by atoms with Crippen LogP contribution < -0.4 is 18.9 Å². The maximum absolute atomic E-state index is 12.0. The zero-order chi connectivity index (χ0) is 36.5. The predicted octanol–water partition coefficient (Wildman–Crippen LogP) is 8.58. The Morgan fingerprint density at radius 1 is 0.760 bits per heavy atom. The Hall–Kier alpha value is -4.84. The van der Waals surface area contributed by atoms with Gasteiger partial charge in [-0.1, -0.05) is 79.6 Å². The van der Waals surface area contributed by atoms with E-state index in [4.69, 9.17) is 24.5 Å². The molecule has 0 aliphatic heterocycles. The Bertz CT molecular complexity index is 1800. The van der Waals surface area contributed by atoms with Crippen molar-refractivity contribution < 1.29 is 31.5 Å². The monoisotopic (exact) mass is 705 g/mol. The van der Waals surface area contributed by atoms with Gasteiger partial charge in [0.2, 0.25) is 11.8 Å². The van der Waals surface area contributed by atoms with Gasteiger partial charge in [0, 0.05) is 28.4 Å². The van der Waals surface area contributed by atoms with E-state index in [1.807, 2.05) is 101 Å². The van der Waals surface area contributed by atoms with Crippen molar-refractivity contribution in [1.82, 2.24) is 9.97 Å². The fourth-order valence-electron chi connectivity index (χ4n) is 4.40. The number of pyridine rings is 2. The first-order chi connectivity index (χ1) is 24.0. The molecule has 4 aromatic rings. The molecule has 0 bridgehead atoms. The summed E-state index contributed by atoms with van der Waals surface area (Å²) in [5, 5.41) is 3.66. The summed E-state index contributed by atoms with van der Waals surface area (Å²) in [5.41, 5.74) is 13.2. The number of rotatable bonds is 17. The molecule has 12 nitrogen and oxygen atoms in total. The number of hydrogen-bond donors (Lipinski definition) is 0. The Labute approximate surface area is 295 Å². The van der Waals surface area contributed by atoms with Crippen molar-refractivity contribution in [2.24, 2.45) is 5.11 Å². The molecule has 2 aromatic heterocycles. The van der Waals surface area contributed by atoms with Gasteiger partial charge < -0.3 is 18.9 Å². The van der Waals surface area contributed by atoms with Crippen LogP contribution in [0.5, 0.6) is 23.3 Å². The van der Waals surface area contributed by atoms with Crippen LogP contribution in [0.2, 0.25) is 0 Å². The second-order valence-corrected chi connectivity index (χ2v) is 13.3. The lowest BCUT2D eigenvalue weighted by atomic mass is 10.2. The first-order valence-electron chi connectivity index (χ1n) is 16.4. The van der Waals surface area contributed by atoms with Crippen molar-refractivity contribution in [3.05, 3.63) is 117 Å². The Morgan fingerprint density at radius 2 is 1.20 bits per heavy atom. The van der Waals surface area contributed by atoms with Gasteiger partial charge in [-0.2, -0.15) is 8.42 Å².